The minimum Gasteiger partial charge on any atom is -0.338 e. The number of benzene rings is 2. The van der Waals surface area contributed by atoms with Gasteiger partial charge in [0.1, 0.15) is 23.3 Å². The Bertz CT molecular complexity index is 1090. The Labute approximate surface area is 153 Å². The molecule has 5 nitrogen and oxygen atoms in total. The van der Waals surface area contributed by atoms with Gasteiger partial charge in [0.2, 0.25) is 0 Å². The first-order valence-electron chi connectivity index (χ1n) is 7.72. The van der Waals surface area contributed by atoms with Crippen molar-refractivity contribution in [1.82, 2.24) is 4.98 Å². The predicted molar refractivity (Wildman–Crippen MR) is 95.8 cm³/mol. The highest BCUT2D eigenvalue weighted by molar-refractivity contribution is 7.92. The van der Waals surface area contributed by atoms with Crippen LogP contribution in [0, 0.1) is 24.4 Å². The smallest absolute Gasteiger partial charge is 0.261 e. The second-order valence-corrected chi connectivity index (χ2v) is 7.38. The lowest BCUT2D eigenvalue weighted by Crippen LogP contribution is -2.13. The molecule has 0 saturated heterocycles. The highest BCUT2D eigenvalue weighted by atomic mass is 32.2. The topological polar surface area (TPSA) is 71.1 Å². The summed E-state index contributed by atoms with van der Waals surface area (Å²) in [6.45, 7) is 1.46. The monoisotopic (exact) mass is 393 g/mol. The van der Waals surface area contributed by atoms with Crippen LogP contribution in [0.4, 0.5) is 30.4 Å². The Morgan fingerprint density at radius 2 is 1.70 bits per heavy atom. The third kappa shape index (κ3) is 4.37. The van der Waals surface area contributed by atoms with Gasteiger partial charge in [0.05, 0.1) is 22.5 Å². The van der Waals surface area contributed by atoms with Crippen LogP contribution >= 0.6 is 0 Å². The summed E-state index contributed by atoms with van der Waals surface area (Å²) in [7, 11) is -3.91. The largest absolute Gasteiger partial charge is 0.338 e. The quantitative estimate of drug-likeness (QED) is 0.676. The Morgan fingerprint density at radius 1 is 0.926 bits per heavy atom. The summed E-state index contributed by atoms with van der Waals surface area (Å²) >= 11 is 0. The number of pyridine rings is 1. The third-order valence-corrected chi connectivity index (χ3v) is 5.03. The van der Waals surface area contributed by atoms with Gasteiger partial charge < -0.3 is 5.32 Å². The number of aryl methyl sites for hydroxylation is 1. The number of halogens is 3. The number of sulfonamides is 1. The Balaban J connectivity index is 1.76. The van der Waals surface area contributed by atoms with Crippen LogP contribution in [0.1, 0.15) is 5.56 Å². The van der Waals surface area contributed by atoms with Crippen molar-refractivity contribution in [3.63, 3.8) is 0 Å². The molecule has 0 aliphatic carbocycles. The summed E-state index contributed by atoms with van der Waals surface area (Å²) in [6.07, 6.45) is 1.23. The highest BCUT2D eigenvalue weighted by Gasteiger charge is 2.16. The van der Waals surface area contributed by atoms with Crippen molar-refractivity contribution in [3.05, 3.63) is 77.7 Å². The standard InChI is InChI=1S/C18H14F3N3O2S/c1-11-8-14(4-5-15(11)20)27(25,26)24-13-3-7-18(22-10-13)23-17-6-2-12(19)9-16(17)21/h2-10,24H,1H3,(H,22,23). The van der Waals surface area contributed by atoms with Crippen LogP contribution in [-0.4, -0.2) is 13.4 Å². The van der Waals surface area contributed by atoms with Crippen molar-refractivity contribution in [2.24, 2.45) is 0 Å². The van der Waals surface area contributed by atoms with E-state index in [-0.39, 0.29) is 27.7 Å². The first-order valence-corrected chi connectivity index (χ1v) is 9.20. The van der Waals surface area contributed by atoms with E-state index in [1.165, 1.54) is 37.4 Å². The lowest BCUT2D eigenvalue weighted by Gasteiger charge is -2.10. The minimum absolute atomic E-state index is 0.0269. The third-order valence-electron chi connectivity index (χ3n) is 3.65. The van der Waals surface area contributed by atoms with Gasteiger partial charge in [-0.05, 0) is 55.0 Å². The molecule has 0 radical (unpaired) electrons. The van der Waals surface area contributed by atoms with Gasteiger partial charge >= 0.3 is 0 Å². The summed E-state index contributed by atoms with van der Waals surface area (Å²) in [5.74, 6) is -1.75. The minimum atomic E-state index is -3.91. The molecule has 0 spiro atoms. The van der Waals surface area contributed by atoms with E-state index in [1.807, 2.05) is 0 Å². The number of nitrogens with one attached hydrogen (secondary N) is 2. The van der Waals surface area contributed by atoms with Crippen LogP contribution in [0.5, 0.6) is 0 Å². The van der Waals surface area contributed by atoms with E-state index in [0.717, 1.165) is 24.3 Å². The fraction of sp³-hybridized carbons (Fsp3) is 0.0556. The molecule has 0 aliphatic rings. The zero-order chi connectivity index (χ0) is 19.6. The van der Waals surface area contributed by atoms with Crippen LogP contribution in [0.15, 0.2) is 59.6 Å². The van der Waals surface area contributed by atoms with E-state index in [2.05, 4.69) is 15.0 Å². The van der Waals surface area contributed by atoms with E-state index in [4.69, 9.17) is 0 Å². The molecule has 9 heteroatoms. The molecule has 27 heavy (non-hydrogen) atoms. The average Bonchev–Trinajstić information content (AvgIpc) is 2.61. The lowest BCUT2D eigenvalue weighted by atomic mass is 10.2. The summed E-state index contributed by atoms with van der Waals surface area (Å²) < 4.78 is 66.9. The van der Waals surface area contributed by atoms with Crippen molar-refractivity contribution < 1.29 is 21.6 Å². The van der Waals surface area contributed by atoms with E-state index in [9.17, 15) is 21.6 Å². The number of anilines is 3. The number of hydrogen-bond donors (Lipinski definition) is 2. The summed E-state index contributed by atoms with van der Waals surface area (Å²) in [5, 5.41) is 2.66. The molecule has 0 atom stereocenters. The molecule has 3 aromatic rings. The molecule has 0 unspecified atom stereocenters. The number of aromatic nitrogens is 1. The molecular formula is C18H14F3N3O2S. The summed E-state index contributed by atoms with van der Waals surface area (Å²) in [5.41, 5.74) is 0.401. The van der Waals surface area contributed by atoms with Crippen molar-refractivity contribution in [2.75, 3.05) is 10.0 Å². The Hall–Kier alpha value is -3.07. The molecule has 1 heterocycles. The van der Waals surface area contributed by atoms with Gasteiger partial charge in [-0.2, -0.15) is 0 Å². The molecular weight excluding hydrogens is 379 g/mol. The second-order valence-electron chi connectivity index (χ2n) is 5.70. The maximum Gasteiger partial charge on any atom is 0.261 e. The van der Waals surface area contributed by atoms with Crippen LogP contribution in [0.25, 0.3) is 0 Å². The molecule has 0 amide bonds. The first-order chi connectivity index (χ1) is 12.7. The van der Waals surface area contributed by atoms with Crippen LogP contribution in [0.3, 0.4) is 0 Å². The average molecular weight is 393 g/mol. The number of nitrogens with zero attached hydrogens (tertiary/aromatic N) is 1. The van der Waals surface area contributed by atoms with Crippen molar-refractivity contribution in [2.45, 2.75) is 11.8 Å². The lowest BCUT2D eigenvalue weighted by molar-refractivity contribution is 0.586. The molecule has 0 saturated carbocycles. The van der Waals surface area contributed by atoms with Crippen molar-refractivity contribution >= 4 is 27.2 Å². The molecule has 2 N–H and O–H groups in total. The normalized spacial score (nSPS) is 11.3. The molecule has 0 fully saturated rings. The van der Waals surface area contributed by atoms with Gasteiger partial charge in [0.15, 0.2) is 0 Å². The highest BCUT2D eigenvalue weighted by Crippen LogP contribution is 2.22. The van der Waals surface area contributed by atoms with E-state index in [1.54, 1.807) is 0 Å². The molecule has 1 aromatic heterocycles. The van der Waals surface area contributed by atoms with E-state index in [0.29, 0.717) is 0 Å². The molecule has 140 valence electrons. The van der Waals surface area contributed by atoms with Gasteiger partial charge in [-0.3, -0.25) is 4.72 Å². The first kappa shape index (κ1) is 18.7. The molecule has 0 bridgehead atoms. The molecule has 2 aromatic carbocycles. The maximum absolute atomic E-state index is 13.6. The summed E-state index contributed by atoms with van der Waals surface area (Å²) in [6, 6.07) is 9.35. The van der Waals surface area contributed by atoms with Gasteiger partial charge in [0, 0.05) is 6.07 Å². The Morgan fingerprint density at radius 3 is 2.33 bits per heavy atom. The fourth-order valence-electron chi connectivity index (χ4n) is 2.26. The number of hydrogen-bond acceptors (Lipinski definition) is 4. The van der Waals surface area contributed by atoms with Crippen LogP contribution in [0.2, 0.25) is 0 Å². The van der Waals surface area contributed by atoms with Crippen molar-refractivity contribution in [1.29, 1.82) is 0 Å². The number of rotatable bonds is 5. The fourth-order valence-corrected chi connectivity index (χ4v) is 3.38. The zero-order valence-corrected chi connectivity index (χ0v) is 14.8. The van der Waals surface area contributed by atoms with E-state index >= 15 is 0 Å². The molecule has 0 aliphatic heterocycles. The predicted octanol–water partition coefficient (Wildman–Crippen LogP) is 4.35. The van der Waals surface area contributed by atoms with Crippen LogP contribution in [-0.2, 0) is 10.0 Å². The van der Waals surface area contributed by atoms with Crippen molar-refractivity contribution in [3.8, 4) is 0 Å². The van der Waals surface area contributed by atoms with Crippen LogP contribution < -0.4 is 10.0 Å². The second kappa shape index (κ2) is 7.28. The molecule has 3 rings (SSSR count). The summed E-state index contributed by atoms with van der Waals surface area (Å²) in [4.78, 5) is 3.90. The van der Waals surface area contributed by atoms with Gasteiger partial charge in [-0.25, -0.2) is 26.6 Å². The van der Waals surface area contributed by atoms with Gasteiger partial charge in [-0.1, -0.05) is 0 Å². The maximum atomic E-state index is 13.6. The van der Waals surface area contributed by atoms with Gasteiger partial charge in [0.25, 0.3) is 10.0 Å². The SMILES string of the molecule is Cc1cc(S(=O)(=O)Nc2ccc(Nc3ccc(F)cc3F)nc2)ccc1F. The Kier molecular flexibility index (Phi) is 5.04. The zero-order valence-electron chi connectivity index (χ0n) is 14.0. The van der Waals surface area contributed by atoms with Gasteiger partial charge in [-0.15, -0.1) is 0 Å². The van der Waals surface area contributed by atoms with E-state index < -0.39 is 27.5 Å².